The third-order valence-corrected chi connectivity index (χ3v) is 3.81. The van der Waals surface area contributed by atoms with Gasteiger partial charge < -0.3 is 20.0 Å². The molecule has 2 aromatic rings. The molecule has 0 aliphatic heterocycles. The molecule has 3 N–H and O–H groups in total. The predicted octanol–water partition coefficient (Wildman–Crippen LogP) is 3.34. The summed E-state index contributed by atoms with van der Waals surface area (Å²) in [5.74, 6) is 1.68. The number of aliphatic hydroxyl groups is 1. The molecule has 1 heterocycles. The first-order valence-electron chi connectivity index (χ1n) is 7.90. The van der Waals surface area contributed by atoms with Crippen LogP contribution in [0, 0.1) is 0 Å². The van der Waals surface area contributed by atoms with Crippen LogP contribution < -0.4 is 10.5 Å². The Morgan fingerprint density at radius 1 is 1.36 bits per heavy atom. The second kappa shape index (κ2) is 7.61. The molecule has 0 atom stereocenters. The number of rotatable bonds is 3. The summed E-state index contributed by atoms with van der Waals surface area (Å²) < 4.78 is 10.9. The van der Waals surface area contributed by atoms with E-state index in [1.54, 1.807) is 7.11 Å². The van der Waals surface area contributed by atoms with Gasteiger partial charge in [-0.2, -0.15) is 0 Å². The number of benzene rings is 1. The van der Waals surface area contributed by atoms with Crippen LogP contribution in [0.2, 0.25) is 0 Å². The van der Waals surface area contributed by atoms with Crippen LogP contribution in [0.25, 0.3) is 11.1 Å². The first-order valence-corrected chi connectivity index (χ1v) is 7.90. The van der Waals surface area contributed by atoms with E-state index in [1.807, 2.05) is 26.0 Å². The van der Waals surface area contributed by atoms with E-state index < -0.39 is 0 Å². The van der Waals surface area contributed by atoms with Gasteiger partial charge in [-0.15, -0.1) is 0 Å². The lowest BCUT2D eigenvalue weighted by Crippen LogP contribution is -1.96. The number of nitrogens with two attached hydrogens (primary N) is 1. The maximum absolute atomic E-state index is 8.73. The van der Waals surface area contributed by atoms with Crippen LogP contribution in [0.1, 0.15) is 56.9 Å². The number of nitrogens with zero attached hydrogens (tertiary/aromatic N) is 1. The fourth-order valence-electron chi connectivity index (χ4n) is 2.50. The minimum Gasteiger partial charge on any atom is -0.493 e. The molecular weight excluding hydrogens is 280 g/mol. The maximum Gasteiger partial charge on any atom is 0.198 e. The third-order valence-electron chi connectivity index (χ3n) is 3.81. The smallest absolute Gasteiger partial charge is 0.198 e. The Bertz CT molecular complexity index is 601. The standard InChI is InChI=1S/C12H16N2O2.C5H10O/c1-7(2)12-14-9-4-8(6-13)5-10(15-3)11(9)16-12;6-5-3-1-2-4-5/h4-5,7H,6,13H2,1-3H3;5-6H,1-4H2. The van der Waals surface area contributed by atoms with E-state index in [9.17, 15) is 0 Å². The van der Waals surface area contributed by atoms with Gasteiger partial charge in [0, 0.05) is 12.5 Å². The van der Waals surface area contributed by atoms with Crippen molar-refractivity contribution in [1.29, 1.82) is 0 Å². The van der Waals surface area contributed by atoms with Crippen molar-refractivity contribution >= 4 is 11.1 Å². The second-order valence-corrected chi connectivity index (χ2v) is 6.00. The van der Waals surface area contributed by atoms with Crippen LogP contribution in [0.5, 0.6) is 5.75 Å². The van der Waals surface area contributed by atoms with Crippen molar-refractivity contribution in [2.75, 3.05) is 7.11 Å². The van der Waals surface area contributed by atoms with E-state index in [2.05, 4.69) is 4.98 Å². The van der Waals surface area contributed by atoms with Crippen molar-refractivity contribution in [2.45, 2.75) is 58.1 Å². The maximum atomic E-state index is 8.73. The number of fused-ring (bicyclic) bond motifs is 1. The summed E-state index contributed by atoms with van der Waals surface area (Å²) in [6.45, 7) is 4.55. The van der Waals surface area contributed by atoms with Gasteiger partial charge in [0.2, 0.25) is 0 Å². The molecule has 1 aromatic heterocycles. The molecule has 0 spiro atoms. The van der Waals surface area contributed by atoms with Crippen molar-refractivity contribution in [1.82, 2.24) is 4.98 Å². The average molecular weight is 306 g/mol. The van der Waals surface area contributed by atoms with Crippen LogP contribution in [0.4, 0.5) is 0 Å². The fourth-order valence-corrected chi connectivity index (χ4v) is 2.50. The van der Waals surface area contributed by atoms with E-state index in [-0.39, 0.29) is 12.0 Å². The summed E-state index contributed by atoms with van der Waals surface area (Å²) in [5.41, 5.74) is 8.12. The van der Waals surface area contributed by atoms with E-state index in [4.69, 9.17) is 20.0 Å². The molecule has 3 rings (SSSR count). The molecule has 1 aliphatic rings. The van der Waals surface area contributed by atoms with Gasteiger partial charge in [0.05, 0.1) is 13.2 Å². The van der Waals surface area contributed by atoms with Crippen molar-refractivity contribution in [3.05, 3.63) is 23.6 Å². The predicted molar refractivity (Wildman–Crippen MR) is 87.0 cm³/mol. The lowest BCUT2D eigenvalue weighted by atomic mass is 10.2. The number of oxazole rings is 1. The molecule has 1 saturated carbocycles. The Morgan fingerprint density at radius 3 is 2.50 bits per heavy atom. The Kier molecular flexibility index (Phi) is 5.80. The molecule has 1 fully saturated rings. The molecule has 0 amide bonds. The van der Waals surface area contributed by atoms with E-state index in [1.165, 1.54) is 12.8 Å². The zero-order valence-electron chi connectivity index (χ0n) is 13.6. The molecule has 0 saturated heterocycles. The summed E-state index contributed by atoms with van der Waals surface area (Å²) in [7, 11) is 1.62. The SMILES string of the molecule is COc1cc(CN)cc2nc(C(C)C)oc12.OC1CCCC1. The average Bonchev–Trinajstić information content (AvgIpc) is 3.15. The highest BCUT2D eigenvalue weighted by atomic mass is 16.5. The molecule has 0 bridgehead atoms. The molecule has 1 aromatic carbocycles. The zero-order chi connectivity index (χ0) is 16.1. The van der Waals surface area contributed by atoms with Gasteiger partial charge in [0.25, 0.3) is 0 Å². The van der Waals surface area contributed by atoms with Gasteiger partial charge in [0.15, 0.2) is 17.2 Å². The Labute approximate surface area is 131 Å². The summed E-state index contributed by atoms with van der Waals surface area (Å²) in [4.78, 5) is 4.43. The van der Waals surface area contributed by atoms with Gasteiger partial charge in [-0.1, -0.05) is 26.7 Å². The number of hydrogen-bond donors (Lipinski definition) is 2. The fraction of sp³-hybridized carbons (Fsp3) is 0.588. The number of aromatic nitrogens is 1. The third kappa shape index (κ3) is 3.99. The first-order chi connectivity index (χ1) is 10.5. The molecular formula is C17H26N2O3. The highest BCUT2D eigenvalue weighted by Gasteiger charge is 2.14. The first kappa shape index (κ1) is 16.8. The van der Waals surface area contributed by atoms with Crippen LogP contribution >= 0.6 is 0 Å². The van der Waals surface area contributed by atoms with Crippen molar-refractivity contribution in [2.24, 2.45) is 5.73 Å². The lowest BCUT2D eigenvalue weighted by Gasteiger charge is -2.02. The second-order valence-electron chi connectivity index (χ2n) is 6.00. The monoisotopic (exact) mass is 306 g/mol. The molecule has 5 heteroatoms. The number of methoxy groups -OCH3 is 1. The highest BCUT2D eigenvalue weighted by molar-refractivity contribution is 5.80. The Morgan fingerprint density at radius 2 is 2.05 bits per heavy atom. The lowest BCUT2D eigenvalue weighted by molar-refractivity contribution is 0.183. The summed E-state index contributed by atoms with van der Waals surface area (Å²) in [5, 5.41) is 8.73. The van der Waals surface area contributed by atoms with E-state index in [0.717, 1.165) is 29.8 Å². The normalized spacial score (nSPS) is 15.2. The number of aliphatic hydroxyl groups excluding tert-OH is 1. The van der Waals surface area contributed by atoms with E-state index >= 15 is 0 Å². The van der Waals surface area contributed by atoms with Gasteiger partial charge in [-0.05, 0) is 30.5 Å². The summed E-state index contributed by atoms with van der Waals surface area (Å²) in [6.07, 6.45) is 4.60. The minimum absolute atomic E-state index is 0.0463. The van der Waals surface area contributed by atoms with Crippen LogP contribution in [0.15, 0.2) is 16.5 Å². The highest BCUT2D eigenvalue weighted by Crippen LogP contribution is 2.30. The quantitative estimate of drug-likeness (QED) is 0.909. The summed E-state index contributed by atoms with van der Waals surface area (Å²) in [6, 6.07) is 3.82. The van der Waals surface area contributed by atoms with Crippen molar-refractivity contribution in [3.63, 3.8) is 0 Å². The number of hydrogen-bond acceptors (Lipinski definition) is 5. The van der Waals surface area contributed by atoms with E-state index in [0.29, 0.717) is 17.9 Å². The number of ether oxygens (including phenoxy) is 1. The van der Waals surface area contributed by atoms with Gasteiger partial charge in [0.1, 0.15) is 5.52 Å². The van der Waals surface area contributed by atoms with Crippen LogP contribution in [0.3, 0.4) is 0 Å². The summed E-state index contributed by atoms with van der Waals surface area (Å²) >= 11 is 0. The van der Waals surface area contributed by atoms with Crippen LogP contribution in [-0.4, -0.2) is 23.3 Å². The zero-order valence-corrected chi connectivity index (χ0v) is 13.6. The Hall–Kier alpha value is -1.59. The Balaban J connectivity index is 0.000000246. The minimum atomic E-state index is 0.0463. The molecule has 1 aliphatic carbocycles. The van der Waals surface area contributed by atoms with Crippen molar-refractivity contribution < 1.29 is 14.3 Å². The van der Waals surface area contributed by atoms with Crippen molar-refractivity contribution in [3.8, 4) is 5.75 Å². The molecule has 0 unspecified atom stereocenters. The van der Waals surface area contributed by atoms with Gasteiger partial charge in [-0.25, -0.2) is 4.98 Å². The molecule has 5 nitrogen and oxygen atoms in total. The van der Waals surface area contributed by atoms with Gasteiger partial charge >= 0.3 is 0 Å². The largest absolute Gasteiger partial charge is 0.493 e. The van der Waals surface area contributed by atoms with Crippen LogP contribution in [-0.2, 0) is 6.54 Å². The molecule has 0 radical (unpaired) electrons. The molecule has 22 heavy (non-hydrogen) atoms. The topological polar surface area (TPSA) is 81.5 Å². The molecule has 122 valence electrons. The van der Waals surface area contributed by atoms with Gasteiger partial charge in [-0.3, -0.25) is 0 Å².